The number of rotatable bonds is 7. The summed E-state index contributed by atoms with van der Waals surface area (Å²) in [6.45, 7) is 3.98. The van der Waals surface area contributed by atoms with Crippen LogP contribution in [0, 0.1) is 0 Å². The highest BCUT2D eigenvalue weighted by molar-refractivity contribution is 7.99. The number of hydrogen-bond acceptors (Lipinski definition) is 4. The van der Waals surface area contributed by atoms with Crippen LogP contribution in [0.4, 0.5) is 13.2 Å². The van der Waals surface area contributed by atoms with E-state index in [2.05, 4.69) is 12.2 Å². The van der Waals surface area contributed by atoms with Gasteiger partial charge >= 0.3 is 6.18 Å². The fourth-order valence-electron chi connectivity index (χ4n) is 2.84. The third kappa shape index (κ3) is 4.19. The van der Waals surface area contributed by atoms with Crippen molar-refractivity contribution in [2.45, 2.75) is 56.7 Å². The molecule has 1 fully saturated rings. The fourth-order valence-corrected chi connectivity index (χ4v) is 3.80. The molecule has 2 unspecified atom stereocenters. The van der Waals surface area contributed by atoms with Gasteiger partial charge < -0.3 is 10.1 Å². The van der Waals surface area contributed by atoms with Crippen LogP contribution < -0.4 is 5.32 Å². The lowest BCUT2D eigenvalue weighted by atomic mass is 9.97. The minimum absolute atomic E-state index is 0.0678. The fraction of sp³-hybridized carbons (Fsp3) is 0.526. The molecule has 3 nitrogen and oxygen atoms in total. The Morgan fingerprint density at radius 1 is 1.35 bits per heavy atom. The quantitative estimate of drug-likeness (QED) is 0.743. The van der Waals surface area contributed by atoms with Crippen LogP contribution in [0.3, 0.4) is 0 Å². The van der Waals surface area contributed by atoms with E-state index in [9.17, 15) is 18.0 Å². The van der Waals surface area contributed by atoms with Crippen molar-refractivity contribution in [3.63, 3.8) is 0 Å². The largest absolute Gasteiger partial charge is 0.466 e. The van der Waals surface area contributed by atoms with Crippen molar-refractivity contribution >= 4 is 23.1 Å². The summed E-state index contributed by atoms with van der Waals surface area (Å²) in [4.78, 5) is 13.0. The van der Waals surface area contributed by atoms with E-state index in [4.69, 9.17) is 4.74 Å². The molecule has 1 N–H and O–H groups in total. The van der Waals surface area contributed by atoms with Gasteiger partial charge in [-0.3, -0.25) is 4.79 Å². The summed E-state index contributed by atoms with van der Waals surface area (Å²) in [7, 11) is 0. The van der Waals surface area contributed by atoms with E-state index in [1.807, 2.05) is 6.92 Å². The lowest BCUT2D eigenvalue weighted by Crippen LogP contribution is -2.29. The second-order valence-corrected chi connectivity index (χ2v) is 8.17. The van der Waals surface area contributed by atoms with Crippen molar-refractivity contribution in [2.24, 2.45) is 0 Å². The van der Waals surface area contributed by atoms with Gasteiger partial charge in [0.05, 0.1) is 11.1 Å². The number of carbonyl (C=O) groups is 1. The van der Waals surface area contributed by atoms with Gasteiger partial charge in [-0.05, 0) is 49.6 Å². The molecule has 142 valence electrons. The standard InChI is InChI=1S/C19H22F3NO2S/c1-3-9-26-11(2)17-16(24)15(18(25-17)23-14-7-8-14)12-5-4-6-13(10-12)19(20,21)22/h4-6,10-11,14,17,23H,3,7-9H2,1-2H3. The Morgan fingerprint density at radius 2 is 2.08 bits per heavy atom. The summed E-state index contributed by atoms with van der Waals surface area (Å²) < 4.78 is 45.1. The van der Waals surface area contributed by atoms with Crippen molar-refractivity contribution < 1.29 is 22.7 Å². The molecule has 0 radical (unpaired) electrons. The summed E-state index contributed by atoms with van der Waals surface area (Å²) in [6, 6.07) is 5.13. The molecule has 0 saturated heterocycles. The Bertz CT molecular complexity index is 713. The van der Waals surface area contributed by atoms with E-state index in [1.54, 1.807) is 11.8 Å². The second kappa shape index (κ2) is 7.55. The van der Waals surface area contributed by atoms with Crippen LogP contribution in [0.15, 0.2) is 30.1 Å². The van der Waals surface area contributed by atoms with Crippen molar-refractivity contribution in [3.05, 3.63) is 41.3 Å². The lowest BCUT2D eigenvalue weighted by molar-refractivity contribution is -0.137. The van der Waals surface area contributed by atoms with Gasteiger partial charge in [-0.1, -0.05) is 19.1 Å². The van der Waals surface area contributed by atoms with Crippen LogP contribution in [-0.2, 0) is 15.7 Å². The number of thioether (sulfide) groups is 1. The molecule has 0 bridgehead atoms. The van der Waals surface area contributed by atoms with Gasteiger partial charge in [0.25, 0.3) is 0 Å². The molecule has 1 aliphatic heterocycles. The zero-order valence-corrected chi connectivity index (χ0v) is 15.5. The van der Waals surface area contributed by atoms with E-state index in [0.29, 0.717) is 5.88 Å². The first-order chi connectivity index (χ1) is 12.3. The first kappa shape index (κ1) is 19.1. The minimum Gasteiger partial charge on any atom is -0.466 e. The van der Waals surface area contributed by atoms with Crippen molar-refractivity contribution in [1.29, 1.82) is 0 Å². The zero-order chi connectivity index (χ0) is 18.9. The topological polar surface area (TPSA) is 38.3 Å². The van der Waals surface area contributed by atoms with Crippen molar-refractivity contribution in [2.75, 3.05) is 5.75 Å². The highest BCUT2D eigenvalue weighted by Gasteiger charge is 2.41. The molecule has 1 saturated carbocycles. The van der Waals surface area contributed by atoms with E-state index < -0.39 is 17.8 Å². The summed E-state index contributed by atoms with van der Waals surface area (Å²) in [6.07, 6.45) is -2.19. The summed E-state index contributed by atoms with van der Waals surface area (Å²) in [5.41, 5.74) is -0.280. The predicted octanol–water partition coefficient (Wildman–Crippen LogP) is 4.63. The maximum absolute atomic E-state index is 13.1. The molecule has 7 heteroatoms. The van der Waals surface area contributed by atoms with Crippen LogP contribution >= 0.6 is 11.8 Å². The Kier molecular flexibility index (Phi) is 5.55. The van der Waals surface area contributed by atoms with Crippen molar-refractivity contribution in [1.82, 2.24) is 5.32 Å². The van der Waals surface area contributed by atoms with Crippen LogP contribution in [0.1, 0.15) is 44.2 Å². The molecule has 2 aliphatic rings. The molecular formula is C19H22F3NO2S. The molecular weight excluding hydrogens is 363 g/mol. The molecule has 1 heterocycles. The van der Waals surface area contributed by atoms with Gasteiger partial charge in [-0.15, -0.1) is 0 Å². The number of hydrogen-bond donors (Lipinski definition) is 1. The average molecular weight is 385 g/mol. The molecule has 1 aromatic rings. The number of benzene rings is 1. The maximum atomic E-state index is 13.1. The first-order valence-electron chi connectivity index (χ1n) is 8.82. The molecule has 26 heavy (non-hydrogen) atoms. The number of alkyl halides is 3. The van der Waals surface area contributed by atoms with Crippen LogP contribution in [0.25, 0.3) is 5.57 Å². The Morgan fingerprint density at radius 3 is 2.69 bits per heavy atom. The maximum Gasteiger partial charge on any atom is 0.416 e. The molecule has 0 aromatic heterocycles. The zero-order valence-electron chi connectivity index (χ0n) is 14.7. The predicted molar refractivity (Wildman–Crippen MR) is 96.6 cm³/mol. The number of Topliss-reactive ketones (excluding diaryl/α,β-unsaturated/α-hetero) is 1. The second-order valence-electron chi connectivity index (χ2n) is 6.68. The van der Waals surface area contributed by atoms with Gasteiger partial charge in [0, 0.05) is 11.3 Å². The number of ether oxygens (including phenoxy) is 1. The van der Waals surface area contributed by atoms with E-state index >= 15 is 0 Å². The number of carbonyl (C=O) groups excluding carboxylic acids is 1. The third-order valence-corrected chi connectivity index (χ3v) is 5.80. The highest BCUT2D eigenvalue weighted by Crippen LogP contribution is 2.37. The van der Waals surface area contributed by atoms with Crippen LogP contribution in [0.5, 0.6) is 0 Å². The van der Waals surface area contributed by atoms with Gasteiger partial charge in [0.15, 0.2) is 12.0 Å². The van der Waals surface area contributed by atoms with Crippen LogP contribution in [0.2, 0.25) is 0 Å². The van der Waals surface area contributed by atoms with Gasteiger partial charge in [-0.25, -0.2) is 0 Å². The van der Waals surface area contributed by atoms with Gasteiger partial charge in [-0.2, -0.15) is 24.9 Å². The Hall–Kier alpha value is -1.63. The SMILES string of the molecule is CCCSC(C)C1OC(NC2CC2)=C(c2cccc(C(F)(F)F)c2)C1=O. The number of ketones is 1. The smallest absolute Gasteiger partial charge is 0.416 e. The van der Waals surface area contributed by atoms with E-state index in [-0.39, 0.29) is 28.2 Å². The summed E-state index contributed by atoms with van der Waals surface area (Å²) in [5.74, 6) is 0.979. The van der Waals surface area contributed by atoms with Gasteiger partial charge in [0.1, 0.15) is 0 Å². The highest BCUT2D eigenvalue weighted by atomic mass is 32.2. The average Bonchev–Trinajstić information content (AvgIpc) is 3.34. The molecule has 3 rings (SSSR count). The molecule has 2 atom stereocenters. The summed E-state index contributed by atoms with van der Waals surface area (Å²) in [5, 5.41) is 3.11. The van der Waals surface area contributed by atoms with E-state index in [1.165, 1.54) is 12.1 Å². The number of halogens is 3. The Labute approximate surface area is 155 Å². The molecule has 0 amide bonds. The lowest BCUT2D eigenvalue weighted by Gasteiger charge is -2.18. The third-order valence-electron chi connectivity index (χ3n) is 4.38. The van der Waals surface area contributed by atoms with Crippen molar-refractivity contribution in [3.8, 4) is 0 Å². The molecule has 1 aliphatic carbocycles. The number of nitrogens with one attached hydrogen (secondary N) is 1. The molecule has 0 spiro atoms. The Balaban J connectivity index is 1.91. The summed E-state index contributed by atoms with van der Waals surface area (Å²) >= 11 is 1.64. The first-order valence-corrected chi connectivity index (χ1v) is 9.87. The molecule has 1 aromatic carbocycles. The van der Waals surface area contributed by atoms with Gasteiger partial charge in [0.2, 0.25) is 5.78 Å². The van der Waals surface area contributed by atoms with E-state index in [0.717, 1.165) is 37.1 Å². The minimum atomic E-state index is -4.45. The van der Waals surface area contributed by atoms with Crippen LogP contribution in [-0.4, -0.2) is 28.9 Å². The monoisotopic (exact) mass is 385 g/mol. The normalized spacial score (nSPS) is 21.7.